The van der Waals surface area contributed by atoms with Crippen LogP contribution in [0.5, 0.6) is 0 Å². The molecule has 1 aromatic carbocycles. The van der Waals surface area contributed by atoms with Gasteiger partial charge < -0.3 is 0 Å². The van der Waals surface area contributed by atoms with Crippen LogP contribution in [0.25, 0.3) is 6.08 Å². The standard InChI is InChI=1S/C10H9Cl/c1-2-3-5-9-6-4-7-10(11)8-9/h2-8H,1H2/b5-3+. The van der Waals surface area contributed by atoms with Crippen molar-refractivity contribution in [1.82, 2.24) is 0 Å². The molecule has 0 N–H and O–H groups in total. The Kier molecular flexibility index (Phi) is 2.94. The molecule has 1 rings (SSSR count). The quantitative estimate of drug-likeness (QED) is 0.587. The van der Waals surface area contributed by atoms with Crippen molar-refractivity contribution in [2.45, 2.75) is 0 Å². The van der Waals surface area contributed by atoms with Crippen LogP contribution in [-0.4, -0.2) is 0 Å². The zero-order valence-electron chi connectivity index (χ0n) is 6.13. The van der Waals surface area contributed by atoms with Crippen LogP contribution < -0.4 is 0 Å². The van der Waals surface area contributed by atoms with E-state index in [2.05, 4.69) is 6.58 Å². The lowest BCUT2D eigenvalue weighted by molar-refractivity contribution is 1.66. The third kappa shape index (κ3) is 2.60. The highest BCUT2D eigenvalue weighted by Gasteiger charge is 1.86. The Hall–Kier alpha value is -1.01. The van der Waals surface area contributed by atoms with Gasteiger partial charge in [-0.3, -0.25) is 0 Å². The predicted molar refractivity (Wildman–Crippen MR) is 50.7 cm³/mol. The van der Waals surface area contributed by atoms with Crippen LogP contribution in [0.1, 0.15) is 5.56 Å². The zero-order chi connectivity index (χ0) is 8.10. The smallest absolute Gasteiger partial charge is 0.0411 e. The van der Waals surface area contributed by atoms with E-state index in [0.717, 1.165) is 10.6 Å². The maximum absolute atomic E-state index is 5.76. The van der Waals surface area contributed by atoms with E-state index in [0.29, 0.717) is 0 Å². The molecule has 0 aromatic heterocycles. The molecule has 0 aliphatic rings. The average molecular weight is 165 g/mol. The normalized spacial score (nSPS) is 10.3. The van der Waals surface area contributed by atoms with Gasteiger partial charge >= 0.3 is 0 Å². The third-order valence-electron chi connectivity index (χ3n) is 1.27. The summed E-state index contributed by atoms with van der Waals surface area (Å²) in [5, 5.41) is 0.760. The van der Waals surface area contributed by atoms with Crippen LogP contribution in [0.2, 0.25) is 5.02 Å². The van der Waals surface area contributed by atoms with Crippen molar-refractivity contribution in [2.24, 2.45) is 0 Å². The van der Waals surface area contributed by atoms with Gasteiger partial charge in [0.15, 0.2) is 0 Å². The van der Waals surface area contributed by atoms with Crippen LogP contribution in [0, 0.1) is 0 Å². The molecule has 0 spiro atoms. The Morgan fingerprint density at radius 1 is 1.36 bits per heavy atom. The number of halogens is 1. The lowest BCUT2D eigenvalue weighted by atomic mass is 10.2. The van der Waals surface area contributed by atoms with Gasteiger partial charge in [0.25, 0.3) is 0 Å². The first kappa shape index (κ1) is 8.09. The Morgan fingerprint density at radius 3 is 2.82 bits per heavy atom. The highest BCUT2D eigenvalue weighted by atomic mass is 35.5. The number of allylic oxidation sites excluding steroid dienone is 2. The lowest BCUT2D eigenvalue weighted by Gasteiger charge is -1.91. The number of hydrogen-bond donors (Lipinski definition) is 0. The summed E-state index contributed by atoms with van der Waals surface area (Å²) in [7, 11) is 0. The van der Waals surface area contributed by atoms with E-state index < -0.39 is 0 Å². The average Bonchev–Trinajstić information content (AvgIpc) is 2.01. The van der Waals surface area contributed by atoms with E-state index in [1.165, 1.54) is 0 Å². The van der Waals surface area contributed by atoms with E-state index in [-0.39, 0.29) is 0 Å². The van der Waals surface area contributed by atoms with Crippen LogP contribution in [0.4, 0.5) is 0 Å². The zero-order valence-corrected chi connectivity index (χ0v) is 6.88. The van der Waals surface area contributed by atoms with E-state index in [9.17, 15) is 0 Å². The summed E-state index contributed by atoms with van der Waals surface area (Å²) >= 11 is 5.76. The highest BCUT2D eigenvalue weighted by Crippen LogP contribution is 2.11. The number of benzene rings is 1. The fourth-order valence-corrected chi connectivity index (χ4v) is 0.988. The molecule has 0 amide bonds. The van der Waals surface area contributed by atoms with E-state index >= 15 is 0 Å². The molecular formula is C10H9Cl. The van der Waals surface area contributed by atoms with Gasteiger partial charge in [-0.2, -0.15) is 0 Å². The third-order valence-corrected chi connectivity index (χ3v) is 1.51. The van der Waals surface area contributed by atoms with E-state index in [1.807, 2.05) is 36.4 Å². The van der Waals surface area contributed by atoms with Crippen LogP contribution in [-0.2, 0) is 0 Å². The molecule has 0 aliphatic carbocycles. The largest absolute Gasteiger partial charge is 0.0991 e. The van der Waals surface area contributed by atoms with Gasteiger partial charge in [-0.25, -0.2) is 0 Å². The maximum Gasteiger partial charge on any atom is 0.0411 e. The van der Waals surface area contributed by atoms with Crippen molar-refractivity contribution in [3.63, 3.8) is 0 Å². The van der Waals surface area contributed by atoms with Gasteiger partial charge in [-0.15, -0.1) is 0 Å². The van der Waals surface area contributed by atoms with Crippen LogP contribution in [0.3, 0.4) is 0 Å². The first-order valence-electron chi connectivity index (χ1n) is 3.37. The summed E-state index contributed by atoms with van der Waals surface area (Å²) < 4.78 is 0. The minimum Gasteiger partial charge on any atom is -0.0991 e. The molecule has 1 aromatic rings. The monoisotopic (exact) mass is 164 g/mol. The Bertz CT molecular complexity index is 274. The molecule has 0 radical (unpaired) electrons. The van der Waals surface area contributed by atoms with Crippen molar-refractivity contribution >= 4 is 17.7 Å². The molecule has 11 heavy (non-hydrogen) atoms. The fourth-order valence-electron chi connectivity index (χ4n) is 0.789. The van der Waals surface area contributed by atoms with Gasteiger partial charge in [0.05, 0.1) is 0 Å². The topological polar surface area (TPSA) is 0 Å². The summed E-state index contributed by atoms with van der Waals surface area (Å²) in [6, 6.07) is 7.67. The van der Waals surface area contributed by atoms with Gasteiger partial charge in [0, 0.05) is 5.02 Å². The molecule has 0 heterocycles. The van der Waals surface area contributed by atoms with Crippen LogP contribution in [0.15, 0.2) is 43.0 Å². The molecular weight excluding hydrogens is 156 g/mol. The van der Waals surface area contributed by atoms with Crippen molar-refractivity contribution < 1.29 is 0 Å². The Labute approximate surface area is 71.8 Å². The maximum atomic E-state index is 5.76. The summed E-state index contributed by atoms with van der Waals surface area (Å²) in [6.45, 7) is 3.58. The van der Waals surface area contributed by atoms with Crippen molar-refractivity contribution in [2.75, 3.05) is 0 Å². The molecule has 56 valence electrons. The number of rotatable bonds is 2. The van der Waals surface area contributed by atoms with Gasteiger partial charge in [0.1, 0.15) is 0 Å². The second kappa shape index (κ2) is 3.99. The van der Waals surface area contributed by atoms with Crippen molar-refractivity contribution in [3.8, 4) is 0 Å². The van der Waals surface area contributed by atoms with Gasteiger partial charge in [-0.05, 0) is 17.7 Å². The van der Waals surface area contributed by atoms with Gasteiger partial charge in [-0.1, -0.05) is 48.5 Å². The van der Waals surface area contributed by atoms with Crippen molar-refractivity contribution in [1.29, 1.82) is 0 Å². The summed E-state index contributed by atoms with van der Waals surface area (Å²) in [4.78, 5) is 0. The highest BCUT2D eigenvalue weighted by molar-refractivity contribution is 6.30. The molecule has 0 saturated heterocycles. The number of hydrogen-bond acceptors (Lipinski definition) is 0. The molecule has 0 aliphatic heterocycles. The first-order valence-corrected chi connectivity index (χ1v) is 3.75. The molecule has 0 unspecified atom stereocenters. The molecule has 0 atom stereocenters. The minimum atomic E-state index is 0.760. The van der Waals surface area contributed by atoms with E-state index in [4.69, 9.17) is 11.6 Å². The molecule has 0 nitrogen and oxygen atoms in total. The van der Waals surface area contributed by atoms with Gasteiger partial charge in [0.2, 0.25) is 0 Å². The lowest BCUT2D eigenvalue weighted by Crippen LogP contribution is -1.69. The summed E-state index contributed by atoms with van der Waals surface area (Å²) in [5.41, 5.74) is 1.09. The SMILES string of the molecule is C=C/C=C/c1cccc(Cl)c1. The Morgan fingerprint density at radius 2 is 2.18 bits per heavy atom. The second-order valence-corrected chi connectivity index (χ2v) is 2.59. The molecule has 1 heteroatoms. The molecule has 0 saturated carbocycles. The summed E-state index contributed by atoms with van der Waals surface area (Å²) in [6.07, 6.45) is 5.57. The van der Waals surface area contributed by atoms with Crippen LogP contribution >= 0.6 is 11.6 Å². The fraction of sp³-hybridized carbons (Fsp3) is 0. The van der Waals surface area contributed by atoms with Crippen molar-refractivity contribution in [3.05, 3.63) is 53.6 Å². The molecule has 0 fully saturated rings. The minimum absolute atomic E-state index is 0.760. The second-order valence-electron chi connectivity index (χ2n) is 2.15. The Balaban J connectivity index is 2.87. The predicted octanol–water partition coefficient (Wildman–Crippen LogP) is 3.54. The van der Waals surface area contributed by atoms with E-state index in [1.54, 1.807) is 6.08 Å². The molecule has 0 bridgehead atoms. The first-order chi connectivity index (χ1) is 5.33. The summed E-state index contributed by atoms with van der Waals surface area (Å²) in [5.74, 6) is 0.